The Morgan fingerprint density at radius 3 is 2.00 bits per heavy atom. The van der Waals surface area contributed by atoms with Crippen molar-refractivity contribution in [2.24, 2.45) is 0 Å². The first-order valence-corrected chi connectivity index (χ1v) is 6.85. The number of ether oxygens (including phenoxy) is 2. The van der Waals surface area contributed by atoms with Crippen LogP contribution >= 0.6 is 0 Å². The molecule has 0 fully saturated rings. The van der Waals surface area contributed by atoms with Gasteiger partial charge in [0.25, 0.3) is 0 Å². The molecule has 0 unspecified atom stereocenters. The van der Waals surface area contributed by atoms with Crippen LogP contribution in [0.4, 0.5) is 22.0 Å². The average Bonchev–Trinajstić information content (AvgIpc) is 2.45. The van der Waals surface area contributed by atoms with Gasteiger partial charge in [-0.05, 0) is 35.4 Å². The number of hydrogen-bond donors (Lipinski definition) is 1. The molecule has 0 spiro atoms. The molecule has 0 radical (unpaired) electrons. The maximum Gasteiger partial charge on any atom is 0.573 e. The van der Waals surface area contributed by atoms with Crippen LogP contribution in [0.3, 0.4) is 0 Å². The number of aromatic hydroxyl groups is 1. The zero-order chi connectivity index (χ0) is 18.0. The number of benzene rings is 2. The van der Waals surface area contributed by atoms with E-state index in [0.29, 0.717) is 5.56 Å². The van der Waals surface area contributed by atoms with E-state index in [0.717, 1.165) is 12.1 Å². The Kier molecular flexibility index (Phi) is 4.86. The number of phenols is 1. The summed E-state index contributed by atoms with van der Waals surface area (Å²) in [4.78, 5) is 0. The summed E-state index contributed by atoms with van der Waals surface area (Å²) >= 11 is 0. The van der Waals surface area contributed by atoms with Crippen molar-refractivity contribution in [2.45, 2.75) is 25.8 Å². The lowest BCUT2D eigenvalue weighted by Crippen LogP contribution is -2.22. The zero-order valence-electron chi connectivity index (χ0n) is 12.4. The van der Waals surface area contributed by atoms with E-state index in [1.54, 1.807) is 0 Å². The Morgan fingerprint density at radius 1 is 0.833 bits per heavy atom. The summed E-state index contributed by atoms with van der Waals surface area (Å²) in [6.45, 7) is 1.27. The van der Waals surface area contributed by atoms with Gasteiger partial charge in [0.05, 0.1) is 0 Å². The molecule has 0 aromatic heterocycles. The first kappa shape index (κ1) is 17.8. The van der Waals surface area contributed by atoms with Crippen LogP contribution in [0.25, 0.3) is 11.1 Å². The first-order valence-electron chi connectivity index (χ1n) is 6.85. The van der Waals surface area contributed by atoms with E-state index in [9.17, 15) is 27.1 Å². The van der Waals surface area contributed by atoms with Gasteiger partial charge in [0.15, 0.2) is 0 Å². The van der Waals surface area contributed by atoms with Crippen LogP contribution in [0.1, 0.15) is 13.3 Å². The second kappa shape index (κ2) is 6.54. The third-order valence-electron chi connectivity index (χ3n) is 2.99. The summed E-state index contributed by atoms with van der Waals surface area (Å²) in [5.74, 6) is -1.10. The van der Waals surface area contributed by atoms with Crippen molar-refractivity contribution in [3.63, 3.8) is 0 Å². The van der Waals surface area contributed by atoms with Crippen LogP contribution in [0.15, 0.2) is 42.5 Å². The van der Waals surface area contributed by atoms with Crippen LogP contribution in [-0.4, -0.2) is 17.6 Å². The molecule has 0 saturated carbocycles. The number of hydrogen-bond acceptors (Lipinski definition) is 3. The highest BCUT2D eigenvalue weighted by Crippen LogP contribution is 2.33. The summed E-state index contributed by atoms with van der Waals surface area (Å²) in [5.41, 5.74) is 0.619. The van der Waals surface area contributed by atoms with Crippen molar-refractivity contribution in [1.29, 1.82) is 0 Å². The maximum absolute atomic E-state index is 13.1. The minimum absolute atomic E-state index is 0.0856. The molecule has 2 aromatic carbocycles. The summed E-state index contributed by atoms with van der Waals surface area (Å²) in [7, 11) is 0. The lowest BCUT2D eigenvalue weighted by Gasteiger charge is -2.16. The van der Waals surface area contributed by atoms with E-state index in [1.807, 2.05) is 0 Å². The fourth-order valence-corrected chi connectivity index (χ4v) is 1.90. The Balaban J connectivity index is 2.25. The molecule has 0 amide bonds. The summed E-state index contributed by atoms with van der Waals surface area (Å²) in [6.07, 6.45) is -8.70. The Bertz CT molecular complexity index is 696. The van der Waals surface area contributed by atoms with Gasteiger partial charge in [-0.3, -0.25) is 0 Å². The largest absolute Gasteiger partial charge is 0.573 e. The molecular formula is C16H13F5O3. The topological polar surface area (TPSA) is 38.7 Å². The molecule has 3 nitrogen and oxygen atoms in total. The molecule has 0 heterocycles. The Morgan fingerprint density at radius 2 is 1.46 bits per heavy atom. The van der Waals surface area contributed by atoms with Crippen LogP contribution in [0.5, 0.6) is 17.2 Å². The van der Waals surface area contributed by atoms with Gasteiger partial charge in [-0.25, -0.2) is 0 Å². The van der Waals surface area contributed by atoms with Gasteiger partial charge in [-0.2, -0.15) is 8.78 Å². The van der Waals surface area contributed by atoms with Gasteiger partial charge in [0.1, 0.15) is 17.2 Å². The highest BCUT2D eigenvalue weighted by Gasteiger charge is 2.31. The van der Waals surface area contributed by atoms with Crippen LogP contribution < -0.4 is 9.47 Å². The van der Waals surface area contributed by atoms with Gasteiger partial charge in [0.2, 0.25) is 0 Å². The maximum atomic E-state index is 13.1. The van der Waals surface area contributed by atoms with Crippen molar-refractivity contribution in [1.82, 2.24) is 0 Å². The SMILES string of the molecule is CCC(F)(F)Oc1ccc(-c2cc(O)cc(OC(F)(F)F)c2)cc1. The normalized spacial score (nSPS) is 12.1. The Hall–Kier alpha value is -2.51. The molecule has 1 N–H and O–H groups in total. The fraction of sp³-hybridized carbons (Fsp3) is 0.250. The van der Waals surface area contributed by atoms with Gasteiger partial charge >= 0.3 is 12.5 Å². The molecular weight excluding hydrogens is 335 g/mol. The van der Waals surface area contributed by atoms with Crippen molar-refractivity contribution < 1.29 is 36.5 Å². The fourth-order valence-electron chi connectivity index (χ4n) is 1.90. The molecule has 24 heavy (non-hydrogen) atoms. The predicted molar refractivity (Wildman–Crippen MR) is 76.1 cm³/mol. The van der Waals surface area contributed by atoms with Crippen molar-refractivity contribution in [3.8, 4) is 28.4 Å². The van der Waals surface area contributed by atoms with Gasteiger partial charge in [-0.15, -0.1) is 13.2 Å². The van der Waals surface area contributed by atoms with Crippen molar-refractivity contribution in [3.05, 3.63) is 42.5 Å². The van der Waals surface area contributed by atoms with Gasteiger partial charge in [0, 0.05) is 12.5 Å². The summed E-state index contributed by atoms with van der Waals surface area (Å²) in [6, 6.07) is 8.39. The van der Waals surface area contributed by atoms with Crippen LogP contribution in [-0.2, 0) is 0 Å². The van der Waals surface area contributed by atoms with Gasteiger partial charge in [-0.1, -0.05) is 19.1 Å². The van der Waals surface area contributed by atoms with E-state index in [2.05, 4.69) is 9.47 Å². The third-order valence-corrected chi connectivity index (χ3v) is 2.99. The van der Waals surface area contributed by atoms with E-state index in [1.165, 1.54) is 37.3 Å². The molecule has 2 aromatic rings. The minimum atomic E-state index is -4.89. The highest BCUT2D eigenvalue weighted by atomic mass is 19.4. The van der Waals surface area contributed by atoms with E-state index < -0.39 is 30.4 Å². The molecule has 0 atom stereocenters. The monoisotopic (exact) mass is 348 g/mol. The Labute approximate surface area is 134 Å². The van der Waals surface area contributed by atoms with E-state index in [-0.39, 0.29) is 11.3 Å². The molecule has 130 valence electrons. The number of rotatable bonds is 5. The molecule has 0 bridgehead atoms. The second-order valence-corrected chi connectivity index (χ2v) is 4.88. The third kappa shape index (κ3) is 5.00. The standard InChI is InChI=1S/C16H13F5O3/c1-2-15(17,18)23-13-5-3-10(4-6-13)11-7-12(22)9-14(8-11)24-16(19,20)21/h3-9,22H,2H2,1H3. The molecule has 0 aliphatic carbocycles. The molecule has 0 aliphatic heterocycles. The predicted octanol–water partition coefficient (Wildman–Crippen LogP) is 5.34. The molecule has 0 aliphatic rings. The quantitative estimate of drug-likeness (QED) is 0.742. The summed E-state index contributed by atoms with van der Waals surface area (Å²) < 4.78 is 71.3. The molecule has 0 saturated heterocycles. The highest BCUT2D eigenvalue weighted by molar-refractivity contribution is 5.67. The first-order chi connectivity index (χ1) is 11.1. The minimum Gasteiger partial charge on any atom is -0.508 e. The van der Waals surface area contributed by atoms with Crippen LogP contribution in [0.2, 0.25) is 0 Å². The van der Waals surface area contributed by atoms with Crippen molar-refractivity contribution >= 4 is 0 Å². The van der Waals surface area contributed by atoms with E-state index >= 15 is 0 Å². The summed E-state index contributed by atoms with van der Waals surface area (Å²) in [5, 5.41) is 9.52. The van der Waals surface area contributed by atoms with Crippen LogP contribution in [0, 0.1) is 0 Å². The smallest absolute Gasteiger partial charge is 0.508 e. The zero-order valence-corrected chi connectivity index (χ0v) is 12.4. The van der Waals surface area contributed by atoms with Crippen molar-refractivity contribution in [2.75, 3.05) is 0 Å². The molecule has 8 heteroatoms. The number of phenolic OH excluding ortho intramolecular Hbond substituents is 1. The second-order valence-electron chi connectivity index (χ2n) is 4.88. The van der Waals surface area contributed by atoms with Gasteiger partial charge < -0.3 is 14.6 Å². The lowest BCUT2D eigenvalue weighted by molar-refractivity contribution is -0.274. The lowest BCUT2D eigenvalue weighted by atomic mass is 10.0. The average molecular weight is 348 g/mol. The van der Waals surface area contributed by atoms with E-state index in [4.69, 9.17) is 0 Å². The number of halogens is 5. The molecule has 2 rings (SSSR count). The number of alkyl halides is 5.